The Kier molecular flexibility index (Phi) is 6.17. The number of hydrogen-bond donors (Lipinski definition) is 0. The molecule has 1 aliphatic carbocycles. The van der Waals surface area contributed by atoms with Crippen LogP contribution in [0.1, 0.15) is 64.4 Å². The molecule has 2 aliphatic heterocycles. The van der Waals surface area contributed by atoms with Crippen molar-refractivity contribution in [2.75, 3.05) is 19.6 Å². The van der Waals surface area contributed by atoms with E-state index in [0.717, 1.165) is 50.8 Å². The lowest BCUT2D eigenvalue weighted by Crippen LogP contribution is -2.64. The molecule has 32 heavy (non-hydrogen) atoms. The zero-order chi connectivity index (χ0) is 23.3. The molecular formula is C26H34ClFN2O2. The highest BCUT2D eigenvalue weighted by atomic mass is 35.5. The Balaban J connectivity index is 1.51. The summed E-state index contributed by atoms with van der Waals surface area (Å²) in [5.74, 6) is -0.524. The highest BCUT2D eigenvalue weighted by Gasteiger charge is 2.50. The fourth-order valence-corrected chi connectivity index (χ4v) is 6.58. The molecule has 1 saturated carbocycles. The minimum absolute atomic E-state index is 0.0126. The van der Waals surface area contributed by atoms with E-state index >= 15 is 0 Å². The molecule has 3 fully saturated rings. The highest BCUT2D eigenvalue weighted by molar-refractivity contribution is 6.31. The summed E-state index contributed by atoms with van der Waals surface area (Å²) < 4.78 is 14.3. The van der Waals surface area contributed by atoms with Crippen molar-refractivity contribution in [1.82, 2.24) is 9.80 Å². The van der Waals surface area contributed by atoms with Crippen LogP contribution in [0, 0.1) is 22.6 Å². The minimum Gasteiger partial charge on any atom is -0.340 e. The summed E-state index contributed by atoms with van der Waals surface area (Å²) in [7, 11) is 0. The van der Waals surface area contributed by atoms with Gasteiger partial charge in [-0.3, -0.25) is 9.59 Å². The Labute approximate surface area is 195 Å². The fourth-order valence-electron chi connectivity index (χ4n) is 6.31. The third-order valence-corrected chi connectivity index (χ3v) is 8.45. The second-order valence-electron chi connectivity index (χ2n) is 11.0. The molecule has 0 aromatic heterocycles. The van der Waals surface area contributed by atoms with Crippen molar-refractivity contribution in [2.24, 2.45) is 16.7 Å². The van der Waals surface area contributed by atoms with E-state index in [1.54, 1.807) is 6.07 Å². The largest absolute Gasteiger partial charge is 0.340 e. The van der Waals surface area contributed by atoms with Crippen LogP contribution in [0.25, 0.3) is 0 Å². The van der Waals surface area contributed by atoms with Gasteiger partial charge in [0.25, 0.3) is 0 Å². The Morgan fingerprint density at radius 3 is 2.59 bits per heavy atom. The van der Waals surface area contributed by atoms with Crippen molar-refractivity contribution in [2.45, 2.75) is 64.8 Å². The average molecular weight is 461 g/mol. The molecule has 0 N–H and O–H groups in total. The summed E-state index contributed by atoms with van der Waals surface area (Å²) in [5, 5.41) is 0.153. The van der Waals surface area contributed by atoms with Crippen LogP contribution in [0.4, 0.5) is 4.39 Å². The Morgan fingerprint density at radius 2 is 1.94 bits per heavy atom. The first-order valence-electron chi connectivity index (χ1n) is 11.7. The molecule has 1 spiro atoms. The lowest BCUT2D eigenvalue weighted by molar-refractivity contribution is -0.153. The van der Waals surface area contributed by atoms with Crippen molar-refractivity contribution in [3.63, 3.8) is 0 Å². The summed E-state index contributed by atoms with van der Waals surface area (Å²) in [4.78, 5) is 29.5. The van der Waals surface area contributed by atoms with Gasteiger partial charge in [-0.15, -0.1) is 0 Å². The first kappa shape index (κ1) is 23.3. The van der Waals surface area contributed by atoms with Crippen molar-refractivity contribution in [1.29, 1.82) is 0 Å². The van der Waals surface area contributed by atoms with Gasteiger partial charge in [-0.25, -0.2) is 4.39 Å². The number of hydrogen-bond acceptors (Lipinski definition) is 2. The van der Waals surface area contributed by atoms with Gasteiger partial charge in [0.2, 0.25) is 11.8 Å². The number of amides is 2. The molecule has 0 unspecified atom stereocenters. The molecule has 3 aliphatic rings. The first-order chi connectivity index (χ1) is 15.1. The molecule has 174 valence electrons. The van der Waals surface area contributed by atoms with Gasteiger partial charge in [0.05, 0.1) is 5.02 Å². The molecule has 3 atom stereocenters. The number of halogens is 2. The fraction of sp³-hybridized carbons (Fsp3) is 0.615. The van der Waals surface area contributed by atoms with E-state index in [9.17, 15) is 14.0 Å². The number of carbonyl (C=O) groups excluding carboxylic acids is 2. The predicted octanol–water partition coefficient (Wildman–Crippen LogP) is 5.41. The standard InChI is InChI=1S/C26H34ClFN2O2/c1-5-22(31)29-15-26(16-29)11-12-30(17(2)13-26)24(32)19-9-10-25(3,4)14-20(19)18-7-6-8-21(28)23(18)27/h5-8,17,19-20H,1,9-16H2,2-4H3/t17-,19+,20-/m0/s1. The van der Waals surface area contributed by atoms with Gasteiger partial charge in [-0.2, -0.15) is 0 Å². The van der Waals surface area contributed by atoms with Gasteiger partial charge in [0.15, 0.2) is 0 Å². The second-order valence-corrected chi connectivity index (χ2v) is 11.4. The maximum atomic E-state index is 14.3. The van der Waals surface area contributed by atoms with Gasteiger partial charge in [-0.1, -0.05) is 44.2 Å². The normalized spacial score (nSPS) is 28.8. The molecule has 1 aromatic rings. The Bertz CT molecular complexity index is 924. The summed E-state index contributed by atoms with van der Waals surface area (Å²) >= 11 is 6.38. The minimum atomic E-state index is -0.421. The second kappa shape index (κ2) is 8.48. The molecule has 0 radical (unpaired) electrons. The maximum absolute atomic E-state index is 14.3. The van der Waals surface area contributed by atoms with Crippen molar-refractivity contribution >= 4 is 23.4 Å². The monoisotopic (exact) mass is 460 g/mol. The highest BCUT2D eigenvalue weighted by Crippen LogP contribution is 2.50. The summed E-state index contributed by atoms with van der Waals surface area (Å²) in [5.41, 5.74) is 0.965. The van der Waals surface area contributed by atoms with Gasteiger partial charge in [-0.05, 0) is 68.1 Å². The average Bonchev–Trinajstić information content (AvgIpc) is 2.72. The lowest BCUT2D eigenvalue weighted by atomic mass is 9.64. The smallest absolute Gasteiger partial charge is 0.245 e. The zero-order valence-electron chi connectivity index (χ0n) is 19.4. The van der Waals surface area contributed by atoms with Gasteiger partial charge >= 0.3 is 0 Å². The van der Waals surface area contributed by atoms with Gasteiger partial charge in [0.1, 0.15) is 5.82 Å². The van der Waals surface area contributed by atoms with Gasteiger partial charge < -0.3 is 9.80 Å². The third-order valence-electron chi connectivity index (χ3n) is 8.05. The van der Waals surface area contributed by atoms with Crippen LogP contribution < -0.4 is 0 Å². The lowest BCUT2D eigenvalue weighted by Gasteiger charge is -2.56. The van der Waals surface area contributed by atoms with Gasteiger partial charge in [0, 0.05) is 37.0 Å². The van der Waals surface area contributed by atoms with E-state index in [4.69, 9.17) is 11.6 Å². The van der Waals surface area contributed by atoms with Crippen LogP contribution in [-0.4, -0.2) is 47.3 Å². The van der Waals surface area contributed by atoms with Crippen LogP contribution in [0.5, 0.6) is 0 Å². The number of nitrogens with zero attached hydrogens (tertiary/aromatic N) is 2. The number of rotatable bonds is 3. The molecule has 4 rings (SSSR count). The summed E-state index contributed by atoms with van der Waals surface area (Å²) in [6.45, 7) is 12.3. The predicted molar refractivity (Wildman–Crippen MR) is 125 cm³/mol. The Hall–Kier alpha value is -1.88. The van der Waals surface area contributed by atoms with Crippen LogP contribution in [0.2, 0.25) is 5.02 Å². The van der Waals surface area contributed by atoms with E-state index in [-0.39, 0.29) is 45.5 Å². The topological polar surface area (TPSA) is 40.6 Å². The Morgan fingerprint density at radius 1 is 1.22 bits per heavy atom. The van der Waals surface area contributed by atoms with Crippen LogP contribution in [-0.2, 0) is 9.59 Å². The van der Waals surface area contributed by atoms with E-state index in [1.807, 2.05) is 15.9 Å². The molecule has 6 heteroatoms. The molecule has 4 nitrogen and oxygen atoms in total. The van der Waals surface area contributed by atoms with E-state index in [2.05, 4.69) is 27.4 Å². The van der Waals surface area contributed by atoms with Crippen molar-refractivity contribution < 1.29 is 14.0 Å². The van der Waals surface area contributed by atoms with Crippen LogP contribution in [0.15, 0.2) is 30.9 Å². The molecule has 2 saturated heterocycles. The van der Waals surface area contributed by atoms with E-state index < -0.39 is 5.82 Å². The van der Waals surface area contributed by atoms with Crippen LogP contribution >= 0.6 is 11.6 Å². The maximum Gasteiger partial charge on any atom is 0.245 e. The molecule has 1 aromatic carbocycles. The van der Waals surface area contributed by atoms with Crippen molar-refractivity contribution in [3.05, 3.63) is 47.3 Å². The first-order valence-corrected chi connectivity index (χ1v) is 12.1. The number of benzene rings is 1. The number of likely N-dealkylation sites (tertiary alicyclic amines) is 2. The zero-order valence-corrected chi connectivity index (χ0v) is 20.1. The molecule has 2 amide bonds. The summed E-state index contributed by atoms with van der Waals surface area (Å²) in [6.07, 6.45) is 5.77. The molecule has 2 heterocycles. The molecule has 0 bridgehead atoms. The van der Waals surface area contributed by atoms with Crippen LogP contribution in [0.3, 0.4) is 0 Å². The quantitative estimate of drug-likeness (QED) is 0.565. The summed E-state index contributed by atoms with van der Waals surface area (Å²) in [6, 6.07) is 5.07. The van der Waals surface area contributed by atoms with Crippen molar-refractivity contribution in [3.8, 4) is 0 Å². The number of carbonyl (C=O) groups is 2. The van der Waals surface area contributed by atoms with E-state index in [0.29, 0.717) is 6.54 Å². The number of piperidine rings is 1. The third kappa shape index (κ3) is 4.21. The van der Waals surface area contributed by atoms with E-state index in [1.165, 1.54) is 12.1 Å². The SMILES string of the molecule is C=CC(=O)N1CC2(CCN(C(=O)[C@@H]3CCC(C)(C)C[C@H]3c3cccc(F)c3Cl)[C@@H](C)C2)C1. The molecular weight excluding hydrogens is 427 g/mol.